The van der Waals surface area contributed by atoms with Crippen LogP contribution in [0.4, 0.5) is 0 Å². The highest BCUT2D eigenvalue weighted by Gasteiger charge is 2.27. The van der Waals surface area contributed by atoms with Crippen molar-refractivity contribution in [3.8, 4) is 0 Å². The monoisotopic (exact) mass is 120 g/mol. The molecule has 0 aromatic rings. The predicted molar refractivity (Wildman–Crippen MR) is 23.7 cm³/mol. The second-order valence-electron chi connectivity index (χ2n) is 1.82. The zero-order valence-electron chi connectivity index (χ0n) is 4.33. The minimum atomic E-state index is -1.67. The second kappa shape index (κ2) is 1.99. The molecule has 0 amide bonds. The summed E-state index contributed by atoms with van der Waals surface area (Å²) in [4.78, 5) is 8.67. The SMILES string of the molecule is OC1(O)CCOOC1. The van der Waals surface area contributed by atoms with E-state index in [4.69, 9.17) is 10.2 Å². The van der Waals surface area contributed by atoms with Crippen molar-refractivity contribution in [1.82, 2.24) is 0 Å². The lowest BCUT2D eigenvalue weighted by Crippen LogP contribution is -2.39. The van der Waals surface area contributed by atoms with Gasteiger partial charge in [-0.2, -0.15) is 0 Å². The first-order valence-corrected chi connectivity index (χ1v) is 2.40. The van der Waals surface area contributed by atoms with Crippen LogP contribution in [0.25, 0.3) is 0 Å². The molecule has 48 valence electrons. The van der Waals surface area contributed by atoms with E-state index in [-0.39, 0.29) is 19.6 Å². The fourth-order valence-corrected chi connectivity index (χ4v) is 0.472. The van der Waals surface area contributed by atoms with Gasteiger partial charge >= 0.3 is 0 Å². The first-order chi connectivity index (χ1) is 3.71. The van der Waals surface area contributed by atoms with Gasteiger partial charge in [0.25, 0.3) is 0 Å². The third-order valence-electron chi connectivity index (χ3n) is 0.959. The van der Waals surface area contributed by atoms with Crippen LogP contribution in [-0.2, 0) is 9.78 Å². The van der Waals surface area contributed by atoms with Gasteiger partial charge in [-0.3, -0.25) is 0 Å². The molecule has 0 aromatic heterocycles. The smallest absolute Gasteiger partial charge is 0.192 e. The van der Waals surface area contributed by atoms with Crippen LogP contribution in [-0.4, -0.2) is 29.2 Å². The Morgan fingerprint density at radius 3 is 2.25 bits per heavy atom. The van der Waals surface area contributed by atoms with Gasteiger partial charge in [0.15, 0.2) is 5.79 Å². The Labute approximate surface area is 46.6 Å². The number of aliphatic hydroxyl groups is 2. The Morgan fingerprint density at radius 2 is 2.00 bits per heavy atom. The molecule has 4 nitrogen and oxygen atoms in total. The van der Waals surface area contributed by atoms with E-state index in [1.54, 1.807) is 0 Å². The molecular weight excluding hydrogens is 112 g/mol. The van der Waals surface area contributed by atoms with Gasteiger partial charge in [-0.05, 0) is 0 Å². The molecule has 0 radical (unpaired) electrons. The Morgan fingerprint density at radius 1 is 1.25 bits per heavy atom. The average Bonchev–Trinajstić information content (AvgIpc) is 1.65. The van der Waals surface area contributed by atoms with Crippen LogP contribution in [0.5, 0.6) is 0 Å². The topological polar surface area (TPSA) is 58.9 Å². The lowest BCUT2D eigenvalue weighted by atomic mass is 10.2. The maximum atomic E-state index is 8.72. The molecule has 0 aliphatic carbocycles. The van der Waals surface area contributed by atoms with Crippen LogP contribution in [0.3, 0.4) is 0 Å². The summed E-state index contributed by atoms with van der Waals surface area (Å²) in [5.74, 6) is -1.67. The zero-order chi connectivity index (χ0) is 6.04. The van der Waals surface area contributed by atoms with Crippen molar-refractivity contribution < 1.29 is 20.0 Å². The minimum absolute atomic E-state index is 0.160. The molecule has 1 aliphatic heterocycles. The van der Waals surface area contributed by atoms with Crippen LogP contribution in [0.15, 0.2) is 0 Å². The molecule has 2 N–H and O–H groups in total. The van der Waals surface area contributed by atoms with Gasteiger partial charge in [-0.25, -0.2) is 9.78 Å². The standard InChI is InChI=1S/C4H8O4/c5-4(6)1-2-7-8-3-4/h5-6H,1-3H2. The maximum absolute atomic E-state index is 8.72. The summed E-state index contributed by atoms with van der Waals surface area (Å²) in [6.07, 6.45) is 0.215. The number of rotatable bonds is 0. The molecule has 1 saturated heterocycles. The molecule has 0 aromatic carbocycles. The molecule has 8 heavy (non-hydrogen) atoms. The van der Waals surface area contributed by atoms with Crippen molar-refractivity contribution in [3.05, 3.63) is 0 Å². The van der Waals surface area contributed by atoms with Gasteiger partial charge in [-0.15, -0.1) is 0 Å². The van der Waals surface area contributed by atoms with Crippen molar-refractivity contribution in [1.29, 1.82) is 0 Å². The molecule has 1 rings (SSSR count). The summed E-state index contributed by atoms with van der Waals surface area (Å²) < 4.78 is 0. The van der Waals surface area contributed by atoms with Crippen LogP contribution in [0.2, 0.25) is 0 Å². The highest BCUT2D eigenvalue weighted by molar-refractivity contribution is 4.63. The van der Waals surface area contributed by atoms with E-state index in [0.29, 0.717) is 0 Å². The molecule has 0 spiro atoms. The third kappa shape index (κ3) is 1.41. The van der Waals surface area contributed by atoms with E-state index < -0.39 is 5.79 Å². The zero-order valence-corrected chi connectivity index (χ0v) is 4.33. The van der Waals surface area contributed by atoms with E-state index in [0.717, 1.165) is 0 Å². The molecule has 0 saturated carbocycles. The molecule has 0 unspecified atom stereocenters. The summed E-state index contributed by atoms with van der Waals surface area (Å²) in [6.45, 7) is 0.0833. The Kier molecular flexibility index (Phi) is 1.48. The second-order valence-corrected chi connectivity index (χ2v) is 1.82. The average molecular weight is 120 g/mol. The third-order valence-corrected chi connectivity index (χ3v) is 0.959. The number of hydrogen-bond acceptors (Lipinski definition) is 4. The van der Waals surface area contributed by atoms with E-state index in [1.165, 1.54) is 0 Å². The lowest BCUT2D eigenvalue weighted by Gasteiger charge is -2.24. The molecule has 0 bridgehead atoms. The van der Waals surface area contributed by atoms with Gasteiger partial charge in [0.2, 0.25) is 0 Å². The summed E-state index contributed by atoms with van der Waals surface area (Å²) in [5, 5.41) is 17.4. The Bertz CT molecular complexity index is 72.1. The highest BCUT2D eigenvalue weighted by Crippen LogP contribution is 2.11. The van der Waals surface area contributed by atoms with Crippen molar-refractivity contribution in [2.45, 2.75) is 12.2 Å². The van der Waals surface area contributed by atoms with Crippen LogP contribution in [0, 0.1) is 0 Å². The molecule has 4 heteroatoms. The first kappa shape index (κ1) is 5.97. The van der Waals surface area contributed by atoms with Gasteiger partial charge in [0.1, 0.15) is 6.61 Å². The normalized spacial score (nSPS) is 27.8. The van der Waals surface area contributed by atoms with Crippen LogP contribution < -0.4 is 0 Å². The van der Waals surface area contributed by atoms with Crippen LogP contribution >= 0.6 is 0 Å². The quantitative estimate of drug-likeness (QED) is 0.318. The largest absolute Gasteiger partial charge is 0.364 e. The summed E-state index contributed by atoms with van der Waals surface area (Å²) in [6, 6.07) is 0. The van der Waals surface area contributed by atoms with Crippen molar-refractivity contribution in [2.24, 2.45) is 0 Å². The molecule has 0 atom stereocenters. The van der Waals surface area contributed by atoms with Crippen molar-refractivity contribution in [3.63, 3.8) is 0 Å². The molecule has 1 heterocycles. The summed E-state index contributed by atoms with van der Waals surface area (Å²) in [7, 11) is 0. The van der Waals surface area contributed by atoms with E-state index in [9.17, 15) is 0 Å². The van der Waals surface area contributed by atoms with Crippen molar-refractivity contribution >= 4 is 0 Å². The predicted octanol–water partition coefficient (Wildman–Crippen LogP) is -0.981. The maximum Gasteiger partial charge on any atom is 0.192 e. The summed E-state index contributed by atoms with van der Waals surface area (Å²) >= 11 is 0. The molecule has 1 fully saturated rings. The van der Waals surface area contributed by atoms with E-state index >= 15 is 0 Å². The lowest BCUT2D eigenvalue weighted by molar-refractivity contribution is -0.383. The van der Waals surface area contributed by atoms with Crippen LogP contribution in [0.1, 0.15) is 6.42 Å². The summed E-state index contributed by atoms with van der Waals surface area (Å²) in [5.41, 5.74) is 0. The van der Waals surface area contributed by atoms with Gasteiger partial charge in [0, 0.05) is 6.42 Å². The van der Waals surface area contributed by atoms with Gasteiger partial charge in [-0.1, -0.05) is 0 Å². The Hall–Kier alpha value is -0.160. The van der Waals surface area contributed by atoms with Gasteiger partial charge in [0.05, 0.1) is 6.61 Å². The van der Waals surface area contributed by atoms with E-state index in [1.807, 2.05) is 0 Å². The Balaban J connectivity index is 2.33. The van der Waals surface area contributed by atoms with Crippen molar-refractivity contribution in [2.75, 3.05) is 13.2 Å². The minimum Gasteiger partial charge on any atom is -0.364 e. The number of hydrogen-bond donors (Lipinski definition) is 2. The molecular formula is C4H8O4. The van der Waals surface area contributed by atoms with Gasteiger partial charge < -0.3 is 10.2 Å². The first-order valence-electron chi connectivity index (χ1n) is 2.40. The highest BCUT2D eigenvalue weighted by atomic mass is 17.2. The fourth-order valence-electron chi connectivity index (χ4n) is 0.472. The fraction of sp³-hybridized carbons (Fsp3) is 1.00. The molecule has 1 aliphatic rings. The van der Waals surface area contributed by atoms with E-state index in [2.05, 4.69) is 9.78 Å².